The third-order valence-electron chi connectivity index (χ3n) is 7.55. The van der Waals surface area contributed by atoms with Crippen LogP contribution in [0.1, 0.15) is 0 Å². The molecule has 8 rings (SSSR count). The van der Waals surface area contributed by atoms with Gasteiger partial charge in [-0.15, -0.1) is 11.3 Å². The molecular weight excluding hydrogens is 513 g/mol. The Kier molecular flexibility index (Phi) is 5.22. The Morgan fingerprint density at radius 1 is 0.525 bits per heavy atom. The minimum absolute atomic E-state index is 0.234. The quantitative estimate of drug-likeness (QED) is 0.223. The van der Waals surface area contributed by atoms with E-state index >= 15 is 0 Å². The summed E-state index contributed by atoms with van der Waals surface area (Å²) in [5, 5.41) is 4.69. The molecule has 2 aromatic heterocycles. The number of fused-ring (bicyclic) bond motifs is 6. The van der Waals surface area contributed by atoms with Gasteiger partial charge in [-0.25, -0.2) is 4.39 Å². The van der Waals surface area contributed by atoms with Crippen molar-refractivity contribution in [2.45, 2.75) is 0 Å². The molecule has 0 saturated heterocycles. The molecule has 40 heavy (non-hydrogen) atoms. The molecule has 0 N–H and O–H groups in total. The van der Waals surface area contributed by atoms with E-state index in [1.165, 1.54) is 32.3 Å². The third-order valence-corrected chi connectivity index (χ3v) is 8.70. The fourth-order valence-corrected chi connectivity index (χ4v) is 6.72. The second-order valence-electron chi connectivity index (χ2n) is 9.92. The highest BCUT2D eigenvalue weighted by Gasteiger charge is 2.20. The van der Waals surface area contributed by atoms with Crippen molar-refractivity contribution < 1.29 is 8.81 Å². The maximum atomic E-state index is 13.5. The Morgan fingerprint density at radius 2 is 1.18 bits per heavy atom. The van der Waals surface area contributed by atoms with Gasteiger partial charge in [0.25, 0.3) is 0 Å². The third kappa shape index (κ3) is 3.69. The minimum atomic E-state index is -0.234. The Morgan fingerprint density at radius 3 is 2.00 bits per heavy atom. The summed E-state index contributed by atoms with van der Waals surface area (Å²) in [6, 6.07) is 44.8. The first-order valence-corrected chi connectivity index (χ1v) is 14.0. The van der Waals surface area contributed by atoms with Crippen molar-refractivity contribution in [1.29, 1.82) is 0 Å². The average molecular weight is 536 g/mol. The fraction of sp³-hybridized carbons (Fsp3) is 0. The molecule has 2 heterocycles. The van der Waals surface area contributed by atoms with Crippen molar-refractivity contribution in [2.24, 2.45) is 0 Å². The molecule has 0 aliphatic rings. The maximum Gasteiger partial charge on any atom is 0.159 e. The van der Waals surface area contributed by atoms with Gasteiger partial charge in [0.05, 0.1) is 5.69 Å². The summed E-state index contributed by atoms with van der Waals surface area (Å²) in [5.41, 5.74) is 6.77. The van der Waals surface area contributed by atoms with E-state index in [9.17, 15) is 4.39 Å². The van der Waals surface area contributed by atoms with E-state index in [0.29, 0.717) is 0 Å². The molecule has 0 bridgehead atoms. The SMILES string of the molecule is Fc1ccc(-c2ccc(N(c3ccc4sc5ccccc5c4c3)c3cccc4c3oc3ccccc34)cc2)cc1. The van der Waals surface area contributed by atoms with E-state index in [1.807, 2.05) is 41.7 Å². The number of rotatable bonds is 4. The molecule has 0 aliphatic heterocycles. The van der Waals surface area contributed by atoms with Crippen LogP contribution >= 0.6 is 11.3 Å². The van der Waals surface area contributed by atoms with E-state index in [1.54, 1.807) is 0 Å². The van der Waals surface area contributed by atoms with E-state index in [2.05, 4.69) is 95.9 Å². The Labute approximate surface area is 234 Å². The molecule has 0 amide bonds. The lowest BCUT2D eigenvalue weighted by Crippen LogP contribution is -2.10. The van der Waals surface area contributed by atoms with Gasteiger partial charge in [0.2, 0.25) is 0 Å². The number of nitrogens with zero attached hydrogens (tertiary/aromatic N) is 1. The lowest BCUT2D eigenvalue weighted by molar-refractivity contribution is 0.628. The van der Waals surface area contributed by atoms with Gasteiger partial charge in [-0.05, 0) is 71.8 Å². The number of para-hydroxylation sites is 2. The normalized spacial score (nSPS) is 11.6. The number of halogens is 1. The summed E-state index contributed by atoms with van der Waals surface area (Å²) in [5.74, 6) is -0.234. The highest BCUT2D eigenvalue weighted by molar-refractivity contribution is 7.25. The van der Waals surface area contributed by atoms with Gasteiger partial charge >= 0.3 is 0 Å². The van der Waals surface area contributed by atoms with Crippen molar-refractivity contribution in [3.8, 4) is 11.1 Å². The molecule has 0 fully saturated rings. The minimum Gasteiger partial charge on any atom is -0.454 e. The monoisotopic (exact) mass is 535 g/mol. The van der Waals surface area contributed by atoms with Crippen LogP contribution in [0, 0.1) is 5.82 Å². The van der Waals surface area contributed by atoms with Crippen molar-refractivity contribution in [2.75, 3.05) is 4.90 Å². The van der Waals surface area contributed by atoms with Crippen molar-refractivity contribution >= 4 is 70.5 Å². The summed E-state index contributed by atoms with van der Waals surface area (Å²) in [6.07, 6.45) is 0. The van der Waals surface area contributed by atoms with Crippen molar-refractivity contribution in [3.05, 3.63) is 139 Å². The van der Waals surface area contributed by atoms with Crippen molar-refractivity contribution in [1.82, 2.24) is 0 Å². The molecule has 0 atom stereocenters. The smallest absolute Gasteiger partial charge is 0.159 e. The van der Waals surface area contributed by atoms with Crippen LogP contribution in [0.4, 0.5) is 21.5 Å². The van der Waals surface area contributed by atoms with Gasteiger partial charge in [0.15, 0.2) is 5.58 Å². The summed E-state index contributed by atoms with van der Waals surface area (Å²) in [7, 11) is 0. The van der Waals surface area contributed by atoms with Crippen molar-refractivity contribution in [3.63, 3.8) is 0 Å². The van der Waals surface area contributed by atoms with Crippen LogP contribution in [0.5, 0.6) is 0 Å². The van der Waals surface area contributed by atoms with Gasteiger partial charge in [-0.1, -0.05) is 72.8 Å². The van der Waals surface area contributed by atoms with Gasteiger partial charge in [-0.2, -0.15) is 0 Å². The van der Waals surface area contributed by atoms with E-state index in [0.717, 1.165) is 50.1 Å². The highest BCUT2D eigenvalue weighted by atomic mass is 32.1. The first-order valence-electron chi connectivity index (χ1n) is 13.2. The number of thiophene rings is 1. The van der Waals surface area contributed by atoms with Gasteiger partial charge in [-0.3, -0.25) is 0 Å². The predicted octanol–water partition coefficient (Wildman–Crippen LogP) is 11.2. The van der Waals surface area contributed by atoms with Crippen LogP contribution in [0.15, 0.2) is 138 Å². The molecule has 2 nitrogen and oxygen atoms in total. The summed E-state index contributed by atoms with van der Waals surface area (Å²) in [6.45, 7) is 0. The molecule has 0 aliphatic carbocycles. The number of benzene rings is 6. The van der Waals surface area contributed by atoms with Gasteiger partial charge < -0.3 is 9.32 Å². The fourth-order valence-electron chi connectivity index (χ4n) is 5.63. The molecule has 4 heteroatoms. The molecule has 0 unspecified atom stereocenters. The van der Waals surface area contributed by atoms with Crippen LogP contribution in [-0.4, -0.2) is 0 Å². The van der Waals surface area contributed by atoms with E-state index in [-0.39, 0.29) is 5.82 Å². The number of hydrogen-bond donors (Lipinski definition) is 0. The zero-order valence-corrected chi connectivity index (χ0v) is 22.2. The van der Waals surface area contributed by atoms with Crippen LogP contribution in [0.2, 0.25) is 0 Å². The molecule has 190 valence electrons. The lowest BCUT2D eigenvalue weighted by Gasteiger charge is -2.26. The Hall–Kier alpha value is -4.93. The second-order valence-corrected chi connectivity index (χ2v) is 11.0. The largest absolute Gasteiger partial charge is 0.454 e. The standard InChI is InChI=1S/C36H22FNOS/c37-25-16-12-23(13-17-25)24-14-18-26(19-15-24)38(27-20-21-35-31(22-27)29-7-2-4-11-34(29)40-35)32-9-5-8-30-28-6-1-3-10-33(28)39-36(30)32/h1-22H. The lowest BCUT2D eigenvalue weighted by atomic mass is 10.0. The van der Waals surface area contributed by atoms with Crippen LogP contribution in [-0.2, 0) is 0 Å². The first-order chi connectivity index (χ1) is 19.7. The van der Waals surface area contributed by atoms with Gasteiger partial charge in [0, 0.05) is 42.3 Å². The number of hydrogen-bond acceptors (Lipinski definition) is 3. The molecule has 0 saturated carbocycles. The second kappa shape index (κ2) is 9.08. The number of anilines is 3. The molecular formula is C36H22FNOS. The Bertz CT molecular complexity index is 2170. The zero-order valence-electron chi connectivity index (χ0n) is 21.3. The Balaban J connectivity index is 1.35. The summed E-state index contributed by atoms with van der Waals surface area (Å²) in [4.78, 5) is 2.27. The molecule has 6 aromatic carbocycles. The molecule has 0 radical (unpaired) electrons. The number of furan rings is 1. The maximum absolute atomic E-state index is 13.5. The first kappa shape index (κ1) is 23.0. The summed E-state index contributed by atoms with van der Waals surface area (Å²) < 4.78 is 22.5. The van der Waals surface area contributed by atoms with E-state index in [4.69, 9.17) is 4.42 Å². The average Bonchev–Trinajstić information content (AvgIpc) is 3.57. The topological polar surface area (TPSA) is 16.4 Å². The van der Waals surface area contributed by atoms with Crippen LogP contribution in [0.25, 0.3) is 53.2 Å². The zero-order chi connectivity index (χ0) is 26.6. The van der Waals surface area contributed by atoms with E-state index < -0.39 is 0 Å². The summed E-state index contributed by atoms with van der Waals surface area (Å²) >= 11 is 1.82. The molecule has 0 spiro atoms. The van der Waals surface area contributed by atoms with Gasteiger partial charge in [0.1, 0.15) is 11.4 Å². The van der Waals surface area contributed by atoms with Crippen LogP contribution in [0.3, 0.4) is 0 Å². The van der Waals surface area contributed by atoms with Crippen LogP contribution < -0.4 is 4.90 Å². The predicted molar refractivity (Wildman–Crippen MR) is 167 cm³/mol. The molecule has 8 aromatic rings. The highest BCUT2D eigenvalue weighted by Crippen LogP contribution is 2.44.